The maximum atomic E-state index is 10.1. The smallest absolute Gasteiger partial charge is 0.295 e. The lowest BCUT2D eigenvalue weighted by Gasteiger charge is -2.10. The summed E-state index contributed by atoms with van der Waals surface area (Å²) in [4.78, 5) is 4.26. The van der Waals surface area contributed by atoms with Crippen LogP contribution in [0.1, 0.15) is 11.7 Å². The molecule has 0 radical (unpaired) electrons. The van der Waals surface area contributed by atoms with Gasteiger partial charge in [0, 0.05) is 6.54 Å². The number of anilines is 2. The number of hydrogen-bond donors (Lipinski definition) is 3. The van der Waals surface area contributed by atoms with Crippen molar-refractivity contribution in [3.63, 3.8) is 0 Å². The first kappa shape index (κ1) is 12.5. The highest BCUT2D eigenvalue weighted by molar-refractivity contribution is 5.86. The van der Waals surface area contributed by atoms with Crippen LogP contribution in [0.25, 0.3) is 11.1 Å². The highest BCUT2D eigenvalue weighted by atomic mass is 16.4. The molecule has 5 heteroatoms. The standard InChI is InChI=1S/C15H15N3O2/c16-11-7-4-8-13-14(11)18-15(20-13)17-9-12(19)10-5-2-1-3-6-10/h1-8,12,19H,9,16H2,(H,17,18). The summed E-state index contributed by atoms with van der Waals surface area (Å²) in [5.74, 6) is 0. The van der Waals surface area contributed by atoms with Gasteiger partial charge in [-0.1, -0.05) is 36.4 Å². The van der Waals surface area contributed by atoms with Gasteiger partial charge in [0.1, 0.15) is 5.52 Å². The number of hydrogen-bond acceptors (Lipinski definition) is 5. The van der Waals surface area contributed by atoms with E-state index in [9.17, 15) is 5.11 Å². The van der Waals surface area contributed by atoms with Gasteiger partial charge in [0.2, 0.25) is 0 Å². The number of nitrogen functional groups attached to an aromatic ring is 1. The van der Waals surface area contributed by atoms with E-state index < -0.39 is 6.10 Å². The molecule has 0 spiro atoms. The Bertz CT molecular complexity index is 709. The number of nitrogens with two attached hydrogens (primary N) is 1. The Morgan fingerprint density at radius 1 is 1.15 bits per heavy atom. The molecular weight excluding hydrogens is 254 g/mol. The molecule has 3 rings (SSSR count). The van der Waals surface area contributed by atoms with Crippen molar-refractivity contribution < 1.29 is 9.52 Å². The number of aliphatic hydroxyl groups is 1. The van der Waals surface area contributed by atoms with E-state index in [2.05, 4.69) is 10.3 Å². The largest absolute Gasteiger partial charge is 0.423 e. The van der Waals surface area contributed by atoms with Gasteiger partial charge in [-0.2, -0.15) is 4.98 Å². The zero-order valence-electron chi connectivity index (χ0n) is 10.8. The molecule has 4 N–H and O–H groups in total. The Hall–Kier alpha value is -2.53. The quantitative estimate of drug-likeness (QED) is 0.634. The number of oxazole rings is 1. The van der Waals surface area contributed by atoms with Crippen molar-refractivity contribution in [1.82, 2.24) is 4.98 Å². The Labute approximate surface area is 116 Å². The molecule has 0 bridgehead atoms. The molecule has 0 amide bonds. The van der Waals surface area contributed by atoms with Crippen molar-refractivity contribution in [2.24, 2.45) is 0 Å². The van der Waals surface area contributed by atoms with E-state index in [0.717, 1.165) is 5.56 Å². The zero-order chi connectivity index (χ0) is 13.9. The average molecular weight is 269 g/mol. The minimum atomic E-state index is -0.622. The Morgan fingerprint density at radius 3 is 2.70 bits per heavy atom. The molecule has 0 fully saturated rings. The van der Waals surface area contributed by atoms with E-state index in [1.165, 1.54) is 0 Å². The van der Waals surface area contributed by atoms with Gasteiger partial charge < -0.3 is 20.6 Å². The van der Waals surface area contributed by atoms with Crippen LogP contribution in [0.3, 0.4) is 0 Å². The lowest BCUT2D eigenvalue weighted by molar-refractivity contribution is 0.191. The first-order valence-electron chi connectivity index (χ1n) is 6.36. The number of rotatable bonds is 4. The molecule has 5 nitrogen and oxygen atoms in total. The highest BCUT2D eigenvalue weighted by Gasteiger charge is 2.11. The third kappa shape index (κ3) is 2.44. The first-order chi connectivity index (χ1) is 9.74. The van der Waals surface area contributed by atoms with Crippen molar-refractivity contribution in [2.45, 2.75) is 6.10 Å². The average Bonchev–Trinajstić information content (AvgIpc) is 2.90. The monoisotopic (exact) mass is 269 g/mol. The van der Waals surface area contributed by atoms with Crippen LogP contribution in [-0.4, -0.2) is 16.6 Å². The Morgan fingerprint density at radius 2 is 1.95 bits per heavy atom. The van der Waals surface area contributed by atoms with E-state index >= 15 is 0 Å². The molecule has 0 saturated carbocycles. The maximum absolute atomic E-state index is 10.1. The molecule has 3 aromatic rings. The second kappa shape index (κ2) is 5.22. The molecule has 1 aromatic heterocycles. The summed E-state index contributed by atoms with van der Waals surface area (Å²) < 4.78 is 5.52. The topological polar surface area (TPSA) is 84.3 Å². The summed E-state index contributed by atoms with van der Waals surface area (Å²) in [7, 11) is 0. The van der Waals surface area contributed by atoms with Gasteiger partial charge in [-0.15, -0.1) is 0 Å². The third-order valence-electron chi connectivity index (χ3n) is 3.08. The SMILES string of the molecule is Nc1cccc2oc(NCC(O)c3ccccc3)nc12. The van der Waals surface area contributed by atoms with Crippen LogP contribution in [0.4, 0.5) is 11.7 Å². The van der Waals surface area contributed by atoms with Crippen molar-refractivity contribution >= 4 is 22.8 Å². The van der Waals surface area contributed by atoms with Crippen LogP contribution in [0, 0.1) is 0 Å². The van der Waals surface area contributed by atoms with E-state index in [1.54, 1.807) is 12.1 Å². The highest BCUT2D eigenvalue weighted by Crippen LogP contribution is 2.24. The molecule has 1 atom stereocenters. The summed E-state index contributed by atoms with van der Waals surface area (Å²) in [6.07, 6.45) is -0.622. The van der Waals surface area contributed by atoms with Gasteiger partial charge in [-0.25, -0.2) is 0 Å². The first-order valence-corrected chi connectivity index (χ1v) is 6.36. The molecule has 102 valence electrons. The number of fused-ring (bicyclic) bond motifs is 1. The molecule has 0 aliphatic carbocycles. The van der Waals surface area contributed by atoms with Crippen LogP contribution in [0.2, 0.25) is 0 Å². The van der Waals surface area contributed by atoms with Crippen LogP contribution in [-0.2, 0) is 0 Å². The normalized spacial score (nSPS) is 12.4. The van der Waals surface area contributed by atoms with Crippen LogP contribution < -0.4 is 11.1 Å². The van der Waals surface area contributed by atoms with Gasteiger partial charge in [0.15, 0.2) is 5.58 Å². The van der Waals surface area contributed by atoms with Gasteiger partial charge in [-0.3, -0.25) is 0 Å². The summed E-state index contributed by atoms with van der Waals surface area (Å²) in [5.41, 5.74) is 8.49. The lowest BCUT2D eigenvalue weighted by Crippen LogP contribution is -2.12. The maximum Gasteiger partial charge on any atom is 0.295 e. The summed E-state index contributed by atoms with van der Waals surface area (Å²) in [6, 6.07) is 15.2. The zero-order valence-corrected chi connectivity index (χ0v) is 10.8. The molecule has 1 unspecified atom stereocenters. The molecule has 0 saturated heterocycles. The van der Waals surface area contributed by atoms with Crippen molar-refractivity contribution in [3.05, 3.63) is 54.1 Å². The van der Waals surface area contributed by atoms with Gasteiger partial charge in [-0.05, 0) is 17.7 Å². The summed E-state index contributed by atoms with van der Waals surface area (Å²) in [5, 5.41) is 13.0. The molecule has 20 heavy (non-hydrogen) atoms. The molecule has 0 aliphatic heterocycles. The summed E-state index contributed by atoms with van der Waals surface area (Å²) in [6.45, 7) is 0.316. The number of aromatic nitrogens is 1. The minimum absolute atomic E-state index is 0.316. The van der Waals surface area contributed by atoms with E-state index in [0.29, 0.717) is 29.3 Å². The van der Waals surface area contributed by atoms with Gasteiger partial charge in [0.25, 0.3) is 6.01 Å². The van der Waals surface area contributed by atoms with Gasteiger partial charge in [0.05, 0.1) is 11.8 Å². The lowest BCUT2D eigenvalue weighted by atomic mass is 10.1. The molecular formula is C15H15N3O2. The number of para-hydroxylation sites is 1. The Kier molecular flexibility index (Phi) is 3.26. The Balaban J connectivity index is 1.72. The summed E-state index contributed by atoms with van der Waals surface area (Å²) >= 11 is 0. The molecule has 0 aliphatic rings. The molecule has 2 aromatic carbocycles. The third-order valence-corrected chi connectivity index (χ3v) is 3.08. The number of nitrogens with one attached hydrogen (secondary N) is 1. The fourth-order valence-electron chi connectivity index (χ4n) is 2.02. The van der Waals surface area contributed by atoms with E-state index in [4.69, 9.17) is 10.2 Å². The van der Waals surface area contributed by atoms with Crippen molar-refractivity contribution in [3.8, 4) is 0 Å². The fourth-order valence-corrected chi connectivity index (χ4v) is 2.02. The number of aliphatic hydroxyl groups excluding tert-OH is 1. The van der Waals surface area contributed by atoms with Gasteiger partial charge >= 0.3 is 0 Å². The van der Waals surface area contributed by atoms with Crippen LogP contribution >= 0.6 is 0 Å². The second-order valence-electron chi connectivity index (χ2n) is 4.52. The predicted molar refractivity (Wildman–Crippen MR) is 78.3 cm³/mol. The van der Waals surface area contributed by atoms with Crippen molar-refractivity contribution in [1.29, 1.82) is 0 Å². The predicted octanol–water partition coefficient (Wildman–Crippen LogP) is 2.56. The molecule has 1 heterocycles. The number of benzene rings is 2. The van der Waals surface area contributed by atoms with Crippen LogP contribution in [0.15, 0.2) is 52.9 Å². The van der Waals surface area contributed by atoms with Crippen LogP contribution in [0.5, 0.6) is 0 Å². The van der Waals surface area contributed by atoms with Crippen molar-refractivity contribution in [2.75, 3.05) is 17.6 Å². The van der Waals surface area contributed by atoms with E-state index in [-0.39, 0.29) is 0 Å². The second-order valence-corrected chi connectivity index (χ2v) is 4.52. The number of nitrogens with zero attached hydrogens (tertiary/aromatic N) is 1. The fraction of sp³-hybridized carbons (Fsp3) is 0.133. The van der Waals surface area contributed by atoms with E-state index in [1.807, 2.05) is 36.4 Å². The minimum Gasteiger partial charge on any atom is -0.423 e.